The van der Waals surface area contributed by atoms with Gasteiger partial charge in [0.25, 0.3) is 0 Å². The maximum absolute atomic E-state index is 13.3. The number of anilines is 1. The van der Waals surface area contributed by atoms with Crippen LogP contribution < -0.4 is 15.5 Å². The Morgan fingerprint density at radius 1 is 0.907 bits per heavy atom. The van der Waals surface area contributed by atoms with Crippen LogP contribution in [0, 0.1) is 5.41 Å². The van der Waals surface area contributed by atoms with Gasteiger partial charge >= 0.3 is 6.03 Å². The molecule has 1 saturated carbocycles. The average Bonchev–Trinajstić information content (AvgIpc) is 3.42. The van der Waals surface area contributed by atoms with Crippen molar-refractivity contribution in [3.8, 4) is 17.1 Å². The number of rotatable bonds is 7. The molecule has 8 nitrogen and oxygen atoms in total. The molecule has 43 heavy (non-hydrogen) atoms. The van der Waals surface area contributed by atoms with E-state index in [1.165, 1.54) is 0 Å². The van der Waals surface area contributed by atoms with Crippen LogP contribution in [0.25, 0.3) is 28.2 Å². The molecule has 0 bridgehead atoms. The number of urea groups is 1. The highest BCUT2D eigenvalue weighted by Crippen LogP contribution is 2.38. The molecule has 2 fully saturated rings. The lowest BCUT2D eigenvalue weighted by Crippen LogP contribution is -2.51. The van der Waals surface area contributed by atoms with Crippen molar-refractivity contribution in [3.63, 3.8) is 0 Å². The molecule has 0 atom stereocenters. The zero-order valence-corrected chi connectivity index (χ0v) is 25.1. The van der Waals surface area contributed by atoms with Crippen LogP contribution in [0.5, 0.6) is 0 Å². The SMILES string of the molecule is O=C(NC1CCN(c2ncnc3c2nc(-c2ccccc2Cl)n3-c2ccc(Cl)cc2)CC1)NC1CCC(CF)(CF)CC1. The lowest BCUT2D eigenvalue weighted by molar-refractivity contribution is 0.0881. The minimum Gasteiger partial charge on any atom is -0.355 e. The number of carbonyl (C=O) groups is 1. The fourth-order valence-corrected chi connectivity index (χ4v) is 6.44. The van der Waals surface area contributed by atoms with Gasteiger partial charge < -0.3 is 15.5 Å². The number of carbonyl (C=O) groups excluding carboxylic acids is 1. The maximum atomic E-state index is 13.3. The third-order valence-electron chi connectivity index (χ3n) is 8.70. The highest BCUT2D eigenvalue weighted by molar-refractivity contribution is 6.33. The Morgan fingerprint density at radius 3 is 2.21 bits per heavy atom. The fourth-order valence-electron chi connectivity index (χ4n) is 6.10. The van der Waals surface area contributed by atoms with Crippen LogP contribution in [0.1, 0.15) is 38.5 Å². The normalized spacial score (nSPS) is 17.7. The van der Waals surface area contributed by atoms with E-state index in [-0.39, 0.29) is 18.1 Å². The summed E-state index contributed by atoms with van der Waals surface area (Å²) < 4.78 is 28.6. The number of hydrogen-bond donors (Lipinski definition) is 2. The van der Waals surface area contributed by atoms with Crippen molar-refractivity contribution >= 4 is 46.2 Å². The molecule has 2 aromatic heterocycles. The topological polar surface area (TPSA) is 88.0 Å². The summed E-state index contributed by atoms with van der Waals surface area (Å²) in [6, 6.07) is 14.7. The number of benzene rings is 2. The minimum atomic E-state index is -0.868. The molecular formula is C31H33Cl2F2N7O. The number of fused-ring (bicyclic) bond motifs is 1. The van der Waals surface area contributed by atoms with Crippen LogP contribution in [0.2, 0.25) is 10.0 Å². The second kappa shape index (κ2) is 12.6. The molecule has 2 aromatic carbocycles. The Kier molecular flexibility index (Phi) is 8.68. The van der Waals surface area contributed by atoms with Gasteiger partial charge in [-0.15, -0.1) is 0 Å². The zero-order valence-electron chi connectivity index (χ0n) is 23.6. The van der Waals surface area contributed by atoms with E-state index in [2.05, 4.69) is 25.5 Å². The zero-order chi connectivity index (χ0) is 30.0. The Morgan fingerprint density at radius 2 is 1.56 bits per heavy atom. The predicted molar refractivity (Wildman–Crippen MR) is 166 cm³/mol. The van der Waals surface area contributed by atoms with E-state index >= 15 is 0 Å². The van der Waals surface area contributed by atoms with Gasteiger partial charge in [-0.05, 0) is 74.9 Å². The summed E-state index contributed by atoms with van der Waals surface area (Å²) in [6.45, 7) is 0.0428. The Balaban J connectivity index is 1.17. The van der Waals surface area contributed by atoms with E-state index in [0.29, 0.717) is 65.8 Å². The molecule has 2 N–H and O–H groups in total. The van der Waals surface area contributed by atoms with Gasteiger partial charge in [-0.1, -0.05) is 35.3 Å². The van der Waals surface area contributed by atoms with Crippen molar-refractivity contribution in [1.29, 1.82) is 0 Å². The van der Waals surface area contributed by atoms with E-state index in [1.54, 1.807) is 6.33 Å². The molecule has 0 unspecified atom stereocenters. The number of halogens is 4. The molecule has 0 spiro atoms. The van der Waals surface area contributed by atoms with Gasteiger partial charge in [0, 0.05) is 46.9 Å². The Labute approximate surface area is 258 Å². The molecule has 4 aromatic rings. The molecule has 1 saturated heterocycles. The van der Waals surface area contributed by atoms with Crippen LogP contribution in [-0.4, -0.2) is 64.1 Å². The summed E-state index contributed by atoms with van der Waals surface area (Å²) in [5.41, 5.74) is 2.06. The Hall–Kier alpha value is -3.50. The third kappa shape index (κ3) is 6.13. The maximum Gasteiger partial charge on any atom is 0.315 e. The molecule has 1 aliphatic carbocycles. The first-order valence-corrected chi connectivity index (χ1v) is 15.3. The smallest absolute Gasteiger partial charge is 0.315 e. The Bertz CT molecular complexity index is 1580. The van der Waals surface area contributed by atoms with Gasteiger partial charge in [0.2, 0.25) is 0 Å². The van der Waals surface area contributed by atoms with Crippen LogP contribution in [0.3, 0.4) is 0 Å². The molecule has 6 rings (SSSR count). The molecule has 3 heterocycles. The van der Waals surface area contributed by atoms with Crippen LogP contribution >= 0.6 is 23.2 Å². The second-order valence-corrected chi connectivity index (χ2v) is 12.4. The molecule has 226 valence electrons. The van der Waals surface area contributed by atoms with Crippen LogP contribution in [0.4, 0.5) is 19.4 Å². The predicted octanol–water partition coefficient (Wildman–Crippen LogP) is 6.93. The van der Waals surface area contributed by atoms with Gasteiger partial charge in [-0.3, -0.25) is 13.3 Å². The van der Waals surface area contributed by atoms with Crippen LogP contribution in [0.15, 0.2) is 54.9 Å². The van der Waals surface area contributed by atoms with Gasteiger partial charge in [-0.2, -0.15) is 0 Å². The first-order chi connectivity index (χ1) is 20.9. The average molecular weight is 629 g/mol. The fraction of sp³-hybridized carbons (Fsp3) is 0.419. The summed E-state index contributed by atoms with van der Waals surface area (Å²) in [5, 5.41) is 7.30. The highest BCUT2D eigenvalue weighted by Gasteiger charge is 2.36. The number of nitrogens with one attached hydrogen (secondary N) is 2. The molecule has 0 radical (unpaired) electrons. The van der Waals surface area contributed by atoms with E-state index in [9.17, 15) is 13.6 Å². The number of imidazole rings is 1. The lowest BCUT2D eigenvalue weighted by atomic mass is 9.74. The number of amides is 2. The molecule has 2 amide bonds. The van der Waals surface area contributed by atoms with Crippen molar-refractivity contribution in [2.45, 2.75) is 50.6 Å². The summed E-state index contributed by atoms with van der Waals surface area (Å²) in [6.07, 6.45) is 5.07. The van der Waals surface area contributed by atoms with Crippen molar-refractivity contribution < 1.29 is 13.6 Å². The summed E-state index contributed by atoms with van der Waals surface area (Å²) in [7, 11) is 0. The monoisotopic (exact) mass is 627 g/mol. The highest BCUT2D eigenvalue weighted by atomic mass is 35.5. The minimum absolute atomic E-state index is 0.00162. The van der Waals surface area contributed by atoms with E-state index in [4.69, 9.17) is 28.2 Å². The standard InChI is InChI=1S/C31H33Cl2F2N7O/c32-20-5-7-23(8-6-20)42-27(24-3-1-2-4-25(24)33)40-26-28(36-19-37-29(26)42)41-15-11-22(12-16-41)39-30(43)38-21-9-13-31(17-34,18-35)14-10-21/h1-8,19,21-22H,9-18H2,(H2,38,39,43). The molecule has 1 aliphatic heterocycles. The summed E-state index contributed by atoms with van der Waals surface area (Å²) in [5.74, 6) is 1.37. The molecular weight excluding hydrogens is 595 g/mol. The number of alkyl halides is 2. The van der Waals surface area contributed by atoms with Crippen molar-refractivity contribution in [2.75, 3.05) is 31.3 Å². The summed E-state index contributed by atoms with van der Waals surface area (Å²) in [4.78, 5) is 29.2. The van der Waals surface area contributed by atoms with Crippen LogP contribution in [-0.2, 0) is 0 Å². The van der Waals surface area contributed by atoms with Gasteiger partial charge in [0.15, 0.2) is 17.0 Å². The van der Waals surface area contributed by atoms with Gasteiger partial charge in [0.1, 0.15) is 12.2 Å². The largest absolute Gasteiger partial charge is 0.355 e. The first-order valence-electron chi connectivity index (χ1n) is 14.6. The number of hydrogen-bond acceptors (Lipinski definition) is 5. The van der Waals surface area contributed by atoms with Crippen molar-refractivity contribution in [2.24, 2.45) is 5.41 Å². The molecule has 12 heteroatoms. The van der Waals surface area contributed by atoms with E-state index in [1.807, 2.05) is 53.1 Å². The van der Waals surface area contributed by atoms with Gasteiger partial charge in [-0.25, -0.2) is 19.7 Å². The van der Waals surface area contributed by atoms with Crippen molar-refractivity contribution in [3.05, 3.63) is 64.9 Å². The quantitative estimate of drug-likeness (QED) is 0.232. The third-order valence-corrected chi connectivity index (χ3v) is 9.28. The first kappa shape index (κ1) is 29.6. The van der Waals surface area contributed by atoms with E-state index in [0.717, 1.165) is 29.9 Å². The van der Waals surface area contributed by atoms with Gasteiger partial charge in [0.05, 0.1) is 18.4 Å². The molecule has 2 aliphatic rings. The second-order valence-electron chi connectivity index (χ2n) is 11.5. The summed E-state index contributed by atoms with van der Waals surface area (Å²) >= 11 is 12.8. The van der Waals surface area contributed by atoms with E-state index < -0.39 is 18.8 Å². The van der Waals surface area contributed by atoms with Crippen molar-refractivity contribution in [1.82, 2.24) is 30.2 Å². The lowest BCUT2D eigenvalue weighted by Gasteiger charge is -2.37. The number of aromatic nitrogens is 4. The number of nitrogens with zero attached hydrogens (tertiary/aromatic N) is 5. The number of piperidine rings is 1.